The van der Waals surface area contributed by atoms with Crippen molar-refractivity contribution in [3.05, 3.63) is 47.0 Å². The Labute approximate surface area is 217 Å². The molecule has 6 nitrogen and oxygen atoms in total. The summed E-state index contributed by atoms with van der Waals surface area (Å²) in [5.41, 5.74) is 1.23. The molecule has 34 heavy (non-hydrogen) atoms. The van der Waals surface area contributed by atoms with E-state index in [1.807, 2.05) is 0 Å². The standard InChI is InChI=1S/C21H16Br2F3N5OS2/c22-15-6-5-13(33-15)11-7-14(21(24,25)26)31-18(28-11)16(23)17(30-31)19(32)29-20-10(8-27)9-3-1-2-4-12(9)34-20/h5-6,11,14,28H,1-4,7H2,(H,29,32)/t11-,14-/m0/s1. The molecule has 0 aromatic carbocycles. The number of anilines is 2. The number of carbonyl (C=O) groups excluding carboxylic acids is 1. The molecule has 3 aromatic rings. The van der Waals surface area contributed by atoms with Gasteiger partial charge in [-0.15, -0.1) is 22.7 Å². The molecule has 2 N–H and O–H groups in total. The number of alkyl halides is 3. The van der Waals surface area contributed by atoms with Crippen LogP contribution >= 0.6 is 54.5 Å². The Morgan fingerprint density at radius 2 is 2.03 bits per heavy atom. The second-order valence-corrected chi connectivity index (χ2v) is 12.5. The molecule has 0 saturated heterocycles. The zero-order valence-electron chi connectivity index (χ0n) is 17.3. The minimum Gasteiger partial charge on any atom is -0.362 e. The van der Waals surface area contributed by atoms with Crippen molar-refractivity contribution in [1.29, 1.82) is 5.26 Å². The number of halogens is 5. The number of hydrogen-bond acceptors (Lipinski definition) is 6. The molecule has 0 fully saturated rings. The first-order chi connectivity index (χ1) is 16.2. The zero-order chi connectivity index (χ0) is 24.2. The summed E-state index contributed by atoms with van der Waals surface area (Å²) in [4.78, 5) is 14.9. The van der Waals surface area contributed by atoms with Gasteiger partial charge in [-0.2, -0.15) is 23.5 Å². The maximum Gasteiger partial charge on any atom is 0.410 e. The van der Waals surface area contributed by atoms with Gasteiger partial charge in [-0.25, -0.2) is 4.68 Å². The van der Waals surface area contributed by atoms with Gasteiger partial charge in [0, 0.05) is 16.2 Å². The van der Waals surface area contributed by atoms with E-state index >= 15 is 0 Å². The smallest absolute Gasteiger partial charge is 0.362 e. The lowest BCUT2D eigenvalue weighted by atomic mass is 9.96. The van der Waals surface area contributed by atoms with Crippen LogP contribution in [0.5, 0.6) is 0 Å². The number of amides is 1. The number of fused-ring (bicyclic) bond motifs is 2. The van der Waals surface area contributed by atoms with Crippen LogP contribution in [-0.2, 0) is 12.8 Å². The normalized spacial score (nSPS) is 19.6. The van der Waals surface area contributed by atoms with Crippen LogP contribution in [0.1, 0.15) is 62.7 Å². The SMILES string of the molecule is N#Cc1c(NC(=O)c2nn3c(c2Br)N[C@H](c2ccc(Br)s2)C[C@H]3C(F)(F)F)sc2c1CCCC2. The molecule has 3 aromatic heterocycles. The van der Waals surface area contributed by atoms with E-state index in [-0.39, 0.29) is 22.4 Å². The summed E-state index contributed by atoms with van der Waals surface area (Å²) in [5.74, 6) is -0.568. The van der Waals surface area contributed by atoms with E-state index in [0.29, 0.717) is 10.6 Å². The van der Waals surface area contributed by atoms with Crippen LogP contribution in [0.25, 0.3) is 0 Å². The number of nitriles is 1. The first-order valence-electron chi connectivity index (χ1n) is 10.4. The van der Waals surface area contributed by atoms with E-state index in [9.17, 15) is 23.2 Å². The third-order valence-corrected chi connectivity index (χ3v) is 9.65. The Kier molecular flexibility index (Phi) is 6.29. The Hall–Kier alpha value is -1.88. The molecule has 0 unspecified atom stereocenters. The lowest BCUT2D eigenvalue weighted by molar-refractivity contribution is -0.173. The van der Waals surface area contributed by atoms with E-state index in [0.717, 1.165) is 49.5 Å². The fourth-order valence-electron chi connectivity index (χ4n) is 4.37. The topological polar surface area (TPSA) is 82.7 Å². The molecule has 0 spiro atoms. The highest BCUT2D eigenvalue weighted by molar-refractivity contribution is 9.11. The van der Waals surface area contributed by atoms with Crippen molar-refractivity contribution in [3.63, 3.8) is 0 Å². The number of nitrogens with zero attached hydrogens (tertiary/aromatic N) is 3. The Bertz CT molecular complexity index is 1320. The lowest BCUT2D eigenvalue weighted by Gasteiger charge is -2.33. The van der Waals surface area contributed by atoms with Crippen molar-refractivity contribution in [2.24, 2.45) is 0 Å². The molecule has 1 aliphatic heterocycles. The molecule has 5 rings (SSSR count). The summed E-state index contributed by atoms with van der Waals surface area (Å²) in [6.07, 6.45) is -1.16. The average molecular weight is 635 g/mol. The number of rotatable bonds is 3. The van der Waals surface area contributed by atoms with Crippen molar-refractivity contribution >= 4 is 71.3 Å². The fourth-order valence-corrected chi connectivity index (χ4v) is 7.65. The van der Waals surface area contributed by atoms with Crippen LogP contribution in [0.3, 0.4) is 0 Å². The second kappa shape index (κ2) is 8.96. The minimum atomic E-state index is -4.55. The van der Waals surface area contributed by atoms with Gasteiger partial charge < -0.3 is 10.6 Å². The van der Waals surface area contributed by atoms with E-state index in [1.54, 1.807) is 12.1 Å². The lowest BCUT2D eigenvalue weighted by Crippen LogP contribution is -2.35. The van der Waals surface area contributed by atoms with Crippen molar-refractivity contribution in [2.75, 3.05) is 10.6 Å². The van der Waals surface area contributed by atoms with E-state index in [2.05, 4.69) is 53.7 Å². The molecule has 178 valence electrons. The largest absolute Gasteiger partial charge is 0.410 e. The van der Waals surface area contributed by atoms with Crippen molar-refractivity contribution in [1.82, 2.24) is 9.78 Å². The number of thiophene rings is 2. The monoisotopic (exact) mass is 633 g/mol. The summed E-state index contributed by atoms with van der Waals surface area (Å²) in [6.45, 7) is 0. The zero-order valence-corrected chi connectivity index (χ0v) is 22.1. The van der Waals surface area contributed by atoms with Crippen molar-refractivity contribution in [3.8, 4) is 6.07 Å². The van der Waals surface area contributed by atoms with Gasteiger partial charge in [0.2, 0.25) is 0 Å². The molecule has 2 atom stereocenters. The molecule has 0 radical (unpaired) electrons. The number of nitrogens with one attached hydrogen (secondary N) is 2. The van der Waals surface area contributed by atoms with E-state index in [1.165, 1.54) is 22.7 Å². The Morgan fingerprint density at radius 1 is 1.26 bits per heavy atom. The average Bonchev–Trinajstić information content (AvgIpc) is 3.47. The van der Waals surface area contributed by atoms with Gasteiger partial charge in [-0.1, -0.05) is 0 Å². The predicted molar refractivity (Wildman–Crippen MR) is 132 cm³/mol. The third-order valence-electron chi connectivity index (χ3n) is 5.96. The predicted octanol–water partition coefficient (Wildman–Crippen LogP) is 7.19. The van der Waals surface area contributed by atoms with Crippen LogP contribution in [0, 0.1) is 11.3 Å². The Morgan fingerprint density at radius 3 is 2.71 bits per heavy atom. The fraction of sp³-hybridized carbons (Fsp3) is 0.381. The summed E-state index contributed by atoms with van der Waals surface area (Å²) in [6, 6.07) is 3.25. The highest BCUT2D eigenvalue weighted by Gasteiger charge is 2.48. The van der Waals surface area contributed by atoms with Gasteiger partial charge in [0.05, 0.1) is 19.9 Å². The third kappa shape index (κ3) is 4.19. The minimum absolute atomic E-state index is 0.0965. The second-order valence-electron chi connectivity index (χ2n) is 8.07. The molecule has 13 heteroatoms. The van der Waals surface area contributed by atoms with Gasteiger partial charge in [-0.3, -0.25) is 4.79 Å². The van der Waals surface area contributed by atoms with Crippen LogP contribution in [0.15, 0.2) is 20.4 Å². The quantitative estimate of drug-likeness (QED) is 0.319. The maximum atomic E-state index is 14.0. The number of hydrogen-bond donors (Lipinski definition) is 2. The summed E-state index contributed by atoms with van der Waals surface area (Å²) in [5, 5.41) is 19.9. The number of aryl methyl sites for hydroxylation is 1. The van der Waals surface area contributed by atoms with Crippen LogP contribution in [0.4, 0.5) is 24.0 Å². The summed E-state index contributed by atoms with van der Waals surface area (Å²) in [7, 11) is 0. The summed E-state index contributed by atoms with van der Waals surface area (Å²) >= 11 is 9.36. The van der Waals surface area contributed by atoms with E-state index < -0.39 is 24.2 Å². The summed E-state index contributed by atoms with van der Waals surface area (Å²) < 4.78 is 43.8. The highest BCUT2D eigenvalue weighted by atomic mass is 79.9. The molecule has 1 amide bonds. The maximum absolute atomic E-state index is 14.0. The molecule has 0 bridgehead atoms. The molecule has 0 saturated carbocycles. The van der Waals surface area contributed by atoms with Gasteiger partial charge in [-0.05, 0) is 75.2 Å². The van der Waals surface area contributed by atoms with E-state index in [4.69, 9.17) is 0 Å². The van der Waals surface area contributed by atoms with Crippen molar-refractivity contribution in [2.45, 2.75) is 50.4 Å². The Balaban J connectivity index is 1.49. The van der Waals surface area contributed by atoms with Crippen LogP contribution < -0.4 is 10.6 Å². The van der Waals surface area contributed by atoms with Crippen LogP contribution in [0.2, 0.25) is 0 Å². The highest BCUT2D eigenvalue weighted by Crippen LogP contribution is 2.47. The first-order valence-corrected chi connectivity index (χ1v) is 13.6. The molecule has 2 aliphatic rings. The molecule has 1 aliphatic carbocycles. The number of carbonyl (C=O) groups is 1. The van der Waals surface area contributed by atoms with Crippen molar-refractivity contribution < 1.29 is 18.0 Å². The molecular formula is C21H16Br2F3N5OS2. The number of aromatic nitrogens is 2. The van der Waals surface area contributed by atoms with Gasteiger partial charge >= 0.3 is 6.18 Å². The first kappa shape index (κ1) is 23.8. The van der Waals surface area contributed by atoms with Gasteiger partial charge in [0.15, 0.2) is 11.7 Å². The van der Waals surface area contributed by atoms with Crippen LogP contribution in [-0.4, -0.2) is 21.9 Å². The molecular weight excluding hydrogens is 619 g/mol. The van der Waals surface area contributed by atoms with Gasteiger partial charge in [0.25, 0.3) is 5.91 Å². The molecule has 4 heterocycles. The van der Waals surface area contributed by atoms with Gasteiger partial charge in [0.1, 0.15) is 16.9 Å².